The van der Waals surface area contributed by atoms with E-state index in [0.717, 1.165) is 60.5 Å². The topological polar surface area (TPSA) is 63.8 Å². The number of allylic oxidation sites excluding steroid dienone is 8. The Kier molecular flexibility index (Phi) is 10.0. The molecule has 268 valence electrons. The van der Waals surface area contributed by atoms with Crippen molar-refractivity contribution in [2.45, 2.75) is 83.5 Å². The summed E-state index contributed by atoms with van der Waals surface area (Å²) in [7, 11) is 0. The van der Waals surface area contributed by atoms with Crippen molar-refractivity contribution in [3.8, 4) is 0 Å². The molecule has 5 nitrogen and oxygen atoms in total. The van der Waals surface area contributed by atoms with E-state index in [9.17, 15) is 9.90 Å². The molecule has 2 heterocycles. The third-order valence-corrected chi connectivity index (χ3v) is 11.9. The van der Waals surface area contributed by atoms with E-state index in [4.69, 9.17) is 16.7 Å². The smallest absolute Gasteiger partial charge is 0.303 e. The second-order valence-corrected chi connectivity index (χ2v) is 15.9. The standard InChI is InChI=1S/C46H49ClN2O3/c1-45(2)39(48(28-11-5-6-19-41(51)52)37-24-20-31-13-7-9-17-35(31)42(37)45)26-22-33-15-12-16-34(44(33)47)23-27-40-46(3,4)43-36-18-10-8-14-32(36)21-25-38(43)49(40)29-30-50/h7-10,13-14,17-18,20-27,50H,5-6,11-12,15-16,19,28-30H2,1-4H3/p+1. The van der Waals surface area contributed by atoms with Gasteiger partial charge in [-0.2, -0.15) is 4.58 Å². The van der Waals surface area contributed by atoms with Gasteiger partial charge in [-0.1, -0.05) is 98.6 Å². The molecule has 4 aromatic rings. The van der Waals surface area contributed by atoms with E-state index >= 15 is 0 Å². The molecule has 3 aliphatic rings. The minimum atomic E-state index is -0.732. The summed E-state index contributed by atoms with van der Waals surface area (Å²) in [6.45, 7) is 10.6. The van der Waals surface area contributed by atoms with Crippen LogP contribution in [0.2, 0.25) is 0 Å². The number of carboxylic acids is 1. The normalized spacial score (nSPS) is 19.5. The number of β-amino-alcohol motifs (C(OH)–C–C–N with tert-alkyl or cyclic N) is 1. The molecule has 0 atom stereocenters. The van der Waals surface area contributed by atoms with Crippen LogP contribution in [-0.2, 0) is 15.6 Å². The summed E-state index contributed by atoms with van der Waals surface area (Å²) < 4.78 is 2.27. The van der Waals surface area contributed by atoms with Crippen LogP contribution in [-0.4, -0.2) is 46.2 Å². The zero-order valence-corrected chi connectivity index (χ0v) is 31.6. The van der Waals surface area contributed by atoms with E-state index in [1.165, 1.54) is 49.8 Å². The van der Waals surface area contributed by atoms with Crippen LogP contribution < -0.4 is 4.90 Å². The van der Waals surface area contributed by atoms with Gasteiger partial charge >= 0.3 is 5.97 Å². The van der Waals surface area contributed by atoms with Crippen molar-refractivity contribution in [3.63, 3.8) is 0 Å². The lowest BCUT2D eigenvalue weighted by atomic mass is 9.78. The van der Waals surface area contributed by atoms with Gasteiger partial charge in [0.15, 0.2) is 12.3 Å². The second-order valence-electron chi connectivity index (χ2n) is 15.5. The summed E-state index contributed by atoms with van der Waals surface area (Å²) in [4.78, 5) is 13.6. The van der Waals surface area contributed by atoms with Crippen molar-refractivity contribution in [2.75, 3.05) is 24.6 Å². The monoisotopic (exact) mass is 713 g/mol. The summed E-state index contributed by atoms with van der Waals surface area (Å²) in [5.41, 5.74) is 9.24. The van der Waals surface area contributed by atoms with Gasteiger partial charge in [0.05, 0.1) is 5.41 Å². The van der Waals surface area contributed by atoms with Gasteiger partial charge in [0, 0.05) is 52.5 Å². The molecule has 0 bridgehead atoms. The van der Waals surface area contributed by atoms with Crippen molar-refractivity contribution >= 4 is 56.2 Å². The number of aliphatic hydroxyl groups is 1. The predicted octanol–water partition coefficient (Wildman–Crippen LogP) is 10.8. The van der Waals surface area contributed by atoms with Gasteiger partial charge in [0.1, 0.15) is 6.61 Å². The number of nitrogens with zero attached hydrogens (tertiary/aromatic N) is 2. The number of aliphatic hydroxyl groups excluding tert-OH is 1. The minimum Gasteiger partial charge on any atom is -0.481 e. The fourth-order valence-electron chi connectivity index (χ4n) is 8.94. The maximum atomic E-state index is 11.1. The first-order valence-electron chi connectivity index (χ1n) is 18.8. The highest BCUT2D eigenvalue weighted by Gasteiger charge is 2.45. The lowest BCUT2D eigenvalue weighted by molar-refractivity contribution is -0.440. The van der Waals surface area contributed by atoms with Gasteiger partial charge in [0.2, 0.25) is 5.69 Å². The van der Waals surface area contributed by atoms with E-state index < -0.39 is 5.97 Å². The molecule has 0 fully saturated rings. The van der Waals surface area contributed by atoms with Gasteiger partial charge in [-0.25, -0.2) is 0 Å². The van der Waals surface area contributed by atoms with Crippen LogP contribution in [0.4, 0.5) is 11.4 Å². The van der Waals surface area contributed by atoms with Gasteiger partial charge in [-0.3, -0.25) is 4.79 Å². The van der Waals surface area contributed by atoms with Crippen LogP contribution in [0.25, 0.3) is 21.5 Å². The first-order chi connectivity index (χ1) is 25.0. The molecule has 0 unspecified atom stereocenters. The number of hydrogen-bond acceptors (Lipinski definition) is 3. The highest BCUT2D eigenvalue weighted by atomic mass is 35.5. The first-order valence-corrected chi connectivity index (χ1v) is 19.2. The summed E-state index contributed by atoms with van der Waals surface area (Å²) in [5.74, 6) is -0.732. The highest BCUT2D eigenvalue weighted by Crippen LogP contribution is 2.51. The molecule has 7 rings (SSSR count). The van der Waals surface area contributed by atoms with Crippen LogP contribution in [0.1, 0.15) is 83.8 Å². The summed E-state index contributed by atoms with van der Waals surface area (Å²) in [6, 6.07) is 26.0. The van der Waals surface area contributed by atoms with Gasteiger partial charge in [-0.05, 0) is 102 Å². The molecule has 1 aliphatic carbocycles. The Morgan fingerprint density at radius 3 is 2.23 bits per heavy atom. The molecular formula is C46H50ClN2O3+. The fourth-order valence-corrected chi connectivity index (χ4v) is 9.26. The van der Waals surface area contributed by atoms with E-state index in [-0.39, 0.29) is 23.9 Å². The predicted molar refractivity (Wildman–Crippen MR) is 216 cm³/mol. The van der Waals surface area contributed by atoms with Gasteiger partial charge in [-0.15, -0.1) is 0 Å². The van der Waals surface area contributed by atoms with E-state index in [0.29, 0.717) is 13.0 Å². The van der Waals surface area contributed by atoms with Gasteiger partial charge in [0.25, 0.3) is 0 Å². The number of benzene rings is 4. The number of fused-ring (bicyclic) bond motifs is 6. The quantitative estimate of drug-likeness (QED) is 0.120. The van der Waals surface area contributed by atoms with Crippen LogP contribution in [0.15, 0.2) is 119 Å². The van der Waals surface area contributed by atoms with Crippen molar-refractivity contribution in [1.82, 2.24) is 0 Å². The minimum absolute atomic E-state index is 0.0695. The molecule has 0 radical (unpaired) electrons. The zero-order valence-electron chi connectivity index (χ0n) is 30.9. The second kappa shape index (κ2) is 14.5. The van der Waals surface area contributed by atoms with Gasteiger partial charge < -0.3 is 15.1 Å². The molecule has 52 heavy (non-hydrogen) atoms. The number of hydrogen-bond donors (Lipinski definition) is 2. The van der Waals surface area contributed by atoms with Crippen molar-refractivity contribution in [2.24, 2.45) is 0 Å². The van der Waals surface area contributed by atoms with Crippen molar-refractivity contribution < 1.29 is 19.6 Å². The number of unbranched alkanes of at least 4 members (excludes halogenated alkanes) is 2. The third kappa shape index (κ3) is 6.43. The van der Waals surface area contributed by atoms with Crippen molar-refractivity contribution in [3.05, 3.63) is 130 Å². The summed E-state index contributed by atoms with van der Waals surface area (Å²) >= 11 is 7.28. The van der Waals surface area contributed by atoms with Crippen LogP contribution in [0.3, 0.4) is 0 Å². The Hall–Kier alpha value is -4.45. The average molecular weight is 714 g/mol. The lowest BCUT2D eigenvalue weighted by Gasteiger charge is -2.27. The molecule has 6 heteroatoms. The molecule has 4 aromatic carbocycles. The Morgan fingerprint density at radius 1 is 0.827 bits per heavy atom. The molecule has 2 N–H and O–H groups in total. The van der Waals surface area contributed by atoms with Crippen LogP contribution in [0, 0.1) is 0 Å². The molecule has 0 amide bonds. The fraction of sp³-hybridized carbons (Fsp3) is 0.348. The Morgan fingerprint density at radius 2 is 1.52 bits per heavy atom. The molecule has 0 saturated carbocycles. The lowest BCUT2D eigenvalue weighted by Crippen LogP contribution is -2.28. The molecule has 2 aliphatic heterocycles. The number of rotatable bonds is 11. The number of anilines is 1. The molecule has 0 spiro atoms. The largest absolute Gasteiger partial charge is 0.481 e. The van der Waals surface area contributed by atoms with Crippen molar-refractivity contribution in [1.29, 1.82) is 0 Å². The summed E-state index contributed by atoms with van der Waals surface area (Å²) in [5, 5.41) is 25.1. The number of halogens is 1. The zero-order chi connectivity index (χ0) is 36.6. The number of aliphatic carboxylic acids is 1. The summed E-state index contributed by atoms with van der Waals surface area (Å²) in [6.07, 6.45) is 14.5. The average Bonchev–Trinajstić information content (AvgIpc) is 3.48. The molecule has 0 saturated heterocycles. The molecule has 0 aromatic heterocycles. The van der Waals surface area contributed by atoms with E-state index in [1.807, 2.05) is 0 Å². The first kappa shape index (κ1) is 35.9. The molecular weight excluding hydrogens is 664 g/mol. The third-order valence-electron chi connectivity index (χ3n) is 11.4. The Labute approximate surface area is 312 Å². The maximum absolute atomic E-state index is 11.1. The van der Waals surface area contributed by atoms with Crippen LogP contribution in [0.5, 0.6) is 0 Å². The number of carboxylic acid groups (broad SMARTS) is 1. The van der Waals surface area contributed by atoms with Crippen LogP contribution >= 0.6 is 11.6 Å². The van der Waals surface area contributed by atoms with E-state index in [2.05, 4.69) is 134 Å². The van der Waals surface area contributed by atoms with E-state index in [1.54, 1.807) is 0 Å². The Balaban J connectivity index is 1.23. The highest BCUT2D eigenvalue weighted by molar-refractivity contribution is 6.32. The number of carbonyl (C=O) groups is 1. The SMILES string of the molecule is CC1(C)C(/C=C/C2=C(Cl)C(=C/C=C3\N(CCCCCC(=O)O)c4ccc5ccccc5c4C3(C)C)/CCC2)=[N+](CCO)c2ccc3ccccc3c21. The Bertz CT molecular complexity index is 2220. The maximum Gasteiger partial charge on any atom is 0.303 e.